The van der Waals surface area contributed by atoms with Gasteiger partial charge in [-0.3, -0.25) is 4.98 Å². The average Bonchev–Trinajstić information content (AvgIpc) is 2.26. The molecule has 1 nitrogen and oxygen atoms in total. The van der Waals surface area contributed by atoms with Crippen molar-refractivity contribution in [2.24, 2.45) is 0 Å². The summed E-state index contributed by atoms with van der Waals surface area (Å²) in [6.07, 6.45) is 0. The fourth-order valence-electron chi connectivity index (χ4n) is 1.94. The second-order valence-corrected chi connectivity index (χ2v) is 5.11. The van der Waals surface area contributed by atoms with Crippen molar-refractivity contribution in [2.75, 3.05) is 0 Å². The van der Waals surface area contributed by atoms with E-state index in [1.54, 1.807) is 6.07 Å². The molecule has 0 bridgehead atoms. The van der Waals surface area contributed by atoms with Crippen LogP contribution in [-0.2, 0) is 0 Å². The van der Waals surface area contributed by atoms with Gasteiger partial charge in [0.2, 0.25) is 0 Å². The highest BCUT2D eigenvalue weighted by Gasteiger charge is 2.10. The van der Waals surface area contributed by atoms with Gasteiger partial charge in [0.15, 0.2) is 0 Å². The van der Waals surface area contributed by atoms with Crippen LogP contribution in [0.15, 0.2) is 24.3 Å². The van der Waals surface area contributed by atoms with Gasteiger partial charge in [0.25, 0.3) is 0 Å². The molecular formula is C15H18FN. The van der Waals surface area contributed by atoms with Gasteiger partial charge in [-0.05, 0) is 29.5 Å². The summed E-state index contributed by atoms with van der Waals surface area (Å²) >= 11 is 0. The highest BCUT2D eigenvalue weighted by molar-refractivity contribution is 5.79. The lowest BCUT2D eigenvalue weighted by Crippen LogP contribution is -1.97. The molecule has 0 fully saturated rings. The molecule has 0 aliphatic heterocycles. The van der Waals surface area contributed by atoms with Gasteiger partial charge < -0.3 is 0 Å². The fraction of sp³-hybridized carbons (Fsp3) is 0.400. The van der Waals surface area contributed by atoms with E-state index in [0.717, 1.165) is 22.2 Å². The predicted octanol–water partition coefficient (Wildman–Crippen LogP) is 4.62. The monoisotopic (exact) mass is 231 g/mol. The fourth-order valence-corrected chi connectivity index (χ4v) is 1.94. The normalized spacial score (nSPS) is 11.7. The number of aromatic nitrogens is 1. The zero-order valence-electron chi connectivity index (χ0n) is 10.8. The zero-order valence-corrected chi connectivity index (χ0v) is 10.8. The van der Waals surface area contributed by atoms with Crippen LogP contribution >= 0.6 is 0 Å². The third-order valence-corrected chi connectivity index (χ3v) is 3.04. The van der Waals surface area contributed by atoms with Crippen molar-refractivity contribution < 1.29 is 4.39 Å². The van der Waals surface area contributed by atoms with Crippen molar-refractivity contribution in [3.63, 3.8) is 0 Å². The quantitative estimate of drug-likeness (QED) is 0.734. The van der Waals surface area contributed by atoms with Gasteiger partial charge >= 0.3 is 0 Å². The summed E-state index contributed by atoms with van der Waals surface area (Å²) in [6.45, 7) is 8.18. The Hall–Kier alpha value is -1.44. The summed E-state index contributed by atoms with van der Waals surface area (Å²) in [4.78, 5) is 4.50. The molecule has 17 heavy (non-hydrogen) atoms. The van der Waals surface area contributed by atoms with E-state index in [1.807, 2.05) is 32.0 Å². The minimum absolute atomic E-state index is 0.152. The summed E-state index contributed by atoms with van der Waals surface area (Å²) < 4.78 is 13.9. The summed E-state index contributed by atoms with van der Waals surface area (Å²) in [5.74, 6) is 0.414. The van der Waals surface area contributed by atoms with Crippen LogP contribution in [0.2, 0.25) is 0 Å². The van der Waals surface area contributed by atoms with Gasteiger partial charge in [-0.25, -0.2) is 4.39 Å². The molecule has 0 spiro atoms. The minimum atomic E-state index is -0.152. The summed E-state index contributed by atoms with van der Waals surface area (Å²) in [5, 5.41) is 1.01. The third-order valence-electron chi connectivity index (χ3n) is 3.04. The molecule has 2 aromatic rings. The smallest absolute Gasteiger partial charge is 0.128 e. The van der Waals surface area contributed by atoms with Gasteiger partial charge in [-0.1, -0.05) is 33.8 Å². The van der Waals surface area contributed by atoms with Gasteiger partial charge in [-0.2, -0.15) is 0 Å². The Kier molecular flexibility index (Phi) is 3.14. The molecule has 0 N–H and O–H groups in total. The highest BCUT2D eigenvalue weighted by Crippen LogP contribution is 2.25. The first-order valence-electron chi connectivity index (χ1n) is 6.09. The number of hydrogen-bond donors (Lipinski definition) is 0. The lowest BCUT2D eigenvalue weighted by atomic mass is 9.99. The van der Waals surface area contributed by atoms with Crippen molar-refractivity contribution in [3.8, 4) is 0 Å². The number of hydrogen-bond acceptors (Lipinski definition) is 1. The Morgan fingerprint density at radius 1 is 1.00 bits per heavy atom. The molecule has 0 radical (unpaired) electrons. The van der Waals surface area contributed by atoms with Crippen LogP contribution in [0.1, 0.15) is 50.8 Å². The molecule has 2 rings (SSSR count). The molecule has 0 atom stereocenters. The van der Waals surface area contributed by atoms with E-state index < -0.39 is 0 Å². The first-order chi connectivity index (χ1) is 7.99. The standard InChI is InChI=1S/C15H18FN/c1-9(2)12-7-11-5-6-14(10(3)4)17-15(11)8-13(12)16/h5-10H,1-4H3. The van der Waals surface area contributed by atoms with Crippen LogP contribution in [0, 0.1) is 5.82 Å². The number of halogens is 1. The summed E-state index contributed by atoms with van der Waals surface area (Å²) in [7, 11) is 0. The maximum Gasteiger partial charge on any atom is 0.128 e. The van der Waals surface area contributed by atoms with E-state index in [-0.39, 0.29) is 11.7 Å². The van der Waals surface area contributed by atoms with E-state index in [0.29, 0.717) is 5.92 Å². The Labute approximate surface area is 102 Å². The predicted molar refractivity (Wildman–Crippen MR) is 69.9 cm³/mol. The molecular weight excluding hydrogens is 213 g/mol. The summed E-state index contributed by atoms with van der Waals surface area (Å²) in [5.41, 5.74) is 2.52. The van der Waals surface area contributed by atoms with Crippen LogP contribution < -0.4 is 0 Å². The molecule has 0 amide bonds. The van der Waals surface area contributed by atoms with Crippen LogP contribution in [0.4, 0.5) is 4.39 Å². The molecule has 0 saturated heterocycles. The van der Waals surface area contributed by atoms with E-state index in [9.17, 15) is 4.39 Å². The van der Waals surface area contributed by atoms with Crippen LogP contribution in [-0.4, -0.2) is 4.98 Å². The SMILES string of the molecule is CC(C)c1ccc2cc(C(C)C)c(F)cc2n1. The van der Waals surface area contributed by atoms with Gasteiger partial charge in [0.05, 0.1) is 5.52 Å². The Morgan fingerprint density at radius 3 is 2.29 bits per heavy atom. The van der Waals surface area contributed by atoms with Gasteiger partial charge in [-0.15, -0.1) is 0 Å². The first kappa shape index (κ1) is 12.0. The molecule has 0 aliphatic carbocycles. The van der Waals surface area contributed by atoms with E-state index in [1.165, 1.54) is 0 Å². The maximum atomic E-state index is 13.9. The highest BCUT2D eigenvalue weighted by atomic mass is 19.1. The third kappa shape index (κ3) is 2.31. The molecule has 1 heterocycles. The molecule has 1 aromatic carbocycles. The van der Waals surface area contributed by atoms with E-state index >= 15 is 0 Å². The Morgan fingerprint density at radius 2 is 1.71 bits per heavy atom. The number of benzene rings is 1. The van der Waals surface area contributed by atoms with Crippen LogP contribution in [0.25, 0.3) is 10.9 Å². The molecule has 0 saturated carbocycles. The maximum absolute atomic E-state index is 13.9. The average molecular weight is 231 g/mol. The molecule has 90 valence electrons. The Balaban J connectivity index is 2.62. The van der Waals surface area contributed by atoms with Gasteiger partial charge in [0.1, 0.15) is 5.82 Å². The first-order valence-corrected chi connectivity index (χ1v) is 6.09. The Bertz CT molecular complexity index is 544. The molecule has 0 unspecified atom stereocenters. The lowest BCUT2D eigenvalue weighted by Gasteiger charge is -2.10. The number of pyridine rings is 1. The molecule has 0 aliphatic rings. The molecule has 2 heteroatoms. The largest absolute Gasteiger partial charge is 0.252 e. The zero-order chi connectivity index (χ0) is 12.6. The molecule has 1 aromatic heterocycles. The van der Waals surface area contributed by atoms with Crippen molar-refractivity contribution >= 4 is 10.9 Å². The van der Waals surface area contributed by atoms with E-state index in [4.69, 9.17) is 0 Å². The van der Waals surface area contributed by atoms with Crippen molar-refractivity contribution in [1.82, 2.24) is 4.98 Å². The number of fused-ring (bicyclic) bond motifs is 1. The second-order valence-electron chi connectivity index (χ2n) is 5.11. The van der Waals surface area contributed by atoms with Gasteiger partial charge in [0, 0.05) is 17.1 Å². The van der Waals surface area contributed by atoms with Crippen LogP contribution in [0.5, 0.6) is 0 Å². The lowest BCUT2D eigenvalue weighted by molar-refractivity contribution is 0.600. The van der Waals surface area contributed by atoms with E-state index in [2.05, 4.69) is 18.8 Å². The topological polar surface area (TPSA) is 12.9 Å². The summed E-state index contributed by atoms with van der Waals surface area (Å²) in [6, 6.07) is 7.51. The second kappa shape index (κ2) is 4.44. The number of nitrogens with zero attached hydrogens (tertiary/aromatic N) is 1. The van der Waals surface area contributed by atoms with Crippen LogP contribution in [0.3, 0.4) is 0 Å². The van der Waals surface area contributed by atoms with Crippen molar-refractivity contribution in [3.05, 3.63) is 41.3 Å². The van der Waals surface area contributed by atoms with Crippen molar-refractivity contribution in [2.45, 2.75) is 39.5 Å². The van der Waals surface area contributed by atoms with Crippen molar-refractivity contribution in [1.29, 1.82) is 0 Å². The number of rotatable bonds is 2. The minimum Gasteiger partial charge on any atom is -0.252 e.